The Bertz CT molecular complexity index is 414. The summed E-state index contributed by atoms with van der Waals surface area (Å²) < 4.78 is 38.6. The van der Waals surface area contributed by atoms with E-state index in [0.717, 1.165) is 27.7 Å². The van der Waals surface area contributed by atoms with Gasteiger partial charge >= 0.3 is 6.18 Å². The van der Waals surface area contributed by atoms with E-state index in [0.29, 0.717) is 6.54 Å². The van der Waals surface area contributed by atoms with Crippen LogP contribution in [0.5, 0.6) is 0 Å². The standard InChI is InChI=1S/C11H11F3IN/c1-16-3-2-9-7(6-16)4-8(5-10(9)15)11(12,13)14/h4-5H,2-3,6H2,1H3. The Morgan fingerprint density at radius 1 is 1.31 bits per heavy atom. The molecule has 0 unspecified atom stereocenters. The molecule has 1 aromatic rings. The molecule has 1 aliphatic rings. The highest BCUT2D eigenvalue weighted by Gasteiger charge is 2.32. The van der Waals surface area contributed by atoms with Crippen LogP contribution in [0.3, 0.4) is 0 Å². The molecular weight excluding hydrogens is 330 g/mol. The molecule has 5 heteroatoms. The summed E-state index contributed by atoms with van der Waals surface area (Å²) in [6.07, 6.45) is -3.41. The molecule has 0 bridgehead atoms. The third-order valence-electron chi connectivity index (χ3n) is 2.80. The van der Waals surface area contributed by atoms with Crippen molar-refractivity contribution < 1.29 is 13.2 Å². The van der Waals surface area contributed by atoms with Crippen molar-refractivity contribution in [2.45, 2.75) is 19.1 Å². The predicted octanol–water partition coefficient (Wildman–Crippen LogP) is 3.30. The third-order valence-corrected chi connectivity index (χ3v) is 3.76. The lowest BCUT2D eigenvalue weighted by Gasteiger charge is -2.26. The Morgan fingerprint density at radius 2 is 2.00 bits per heavy atom. The lowest BCUT2D eigenvalue weighted by atomic mass is 9.97. The fourth-order valence-corrected chi connectivity index (χ4v) is 2.90. The average Bonchev–Trinajstić information content (AvgIpc) is 2.15. The van der Waals surface area contributed by atoms with Gasteiger partial charge in [-0.3, -0.25) is 0 Å². The summed E-state index contributed by atoms with van der Waals surface area (Å²) in [5.74, 6) is 0. The maximum atomic E-state index is 12.6. The molecule has 2 rings (SSSR count). The zero-order valence-electron chi connectivity index (χ0n) is 8.74. The van der Waals surface area contributed by atoms with E-state index in [2.05, 4.69) is 0 Å². The van der Waals surface area contributed by atoms with E-state index in [1.807, 2.05) is 34.5 Å². The van der Waals surface area contributed by atoms with Gasteiger partial charge in [0.2, 0.25) is 0 Å². The smallest absolute Gasteiger partial charge is 0.302 e. The van der Waals surface area contributed by atoms with Crippen LogP contribution in [0.4, 0.5) is 13.2 Å². The van der Waals surface area contributed by atoms with Crippen LogP contribution in [-0.2, 0) is 19.1 Å². The average molecular weight is 341 g/mol. The topological polar surface area (TPSA) is 3.24 Å². The molecule has 1 aromatic carbocycles. The molecule has 1 heterocycles. The Morgan fingerprint density at radius 3 is 2.62 bits per heavy atom. The fourth-order valence-electron chi connectivity index (χ4n) is 1.95. The normalized spacial score (nSPS) is 17.3. The molecule has 88 valence electrons. The molecule has 0 saturated heterocycles. The Balaban J connectivity index is 2.48. The van der Waals surface area contributed by atoms with Gasteiger partial charge in [0.05, 0.1) is 5.56 Å². The van der Waals surface area contributed by atoms with Gasteiger partial charge < -0.3 is 4.90 Å². The summed E-state index contributed by atoms with van der Waals surface area (Å²) in [7, 11) is 1.93. The van der Waals surface area contributed by atoms with Crippen LogP contribution in [0.15, 0.2) is 12.1 Å². The van der Waals surface area contributed by atoms with Gasteiger partial charge in [0.25, 0.3) is 0 Å². The van der Waals surface area contributed by atoms with Gasteiger partial charge in [-0.1, -0.05) is 0 Å². The number of hydrogen-bond donors (Lipinski definition) is 0. The first-order valence-corrected chi connectivity index (χ1v) is 6.03. The number of benzene rings is 1. The molecule has 1 nitrogen and oxygen atoms in total. The van der Waals surface area contributed by atoms with Gasteiger partial charge in [0.1, 0.15) is 0 Å². The maximum absolute atomic E-state index is 12.6. The van der Waals surface area contributed by atoms with Crippen molar-refractivity contribution in [3.63, 3.8) is 0 Å². The second kappa shape index (κ2) is 4.18. The Labute approximate surface area is 106 Å². The first-order chi connectivity index (χ1) is 7.38. The first kappa shape index (κ1) is 12.2. The second-order valence-corrected chi connectivity index (χ2v) is 5.24. The number of likely N-dealkylation sites (N-methyl/N-ethyl adjacent to an activating group) is 1. The van der Waals surface area contributed by atoms with Crippen molar-refractivity contribution in [2.75, 3.05) is 13.6 Å². The zero-order chi connectivity index (χ0) is 11.9. The molecule has 0 spiro atoms. The van der Waals surface area contributed by atoms with Crippen LogP contribution in [0.25, 0.3) is 0 Å². The number of halogens is 4. The van der Waals surface area contributed by atoms with Gasteiger partial charge in [0.15, 0.2) is 0 Å². The summed E-state index contributed by atoms with van der Waals surface area (Å²) in [4.78, 5) is 2.04. The zero-order valence-corrected chi connectivity index (χ0v) is 10.9. The number of rotatable bonds is 0. The predicted molar refractivity (Wildman–Crippen MR) is 64.2 cm³/mol. The molecule has 0 N–H and O–H groups in total. The third kappa shape index (κ3) is 2.34. The summed E-state index contributed by atoms with van der Waals surface area (Å²) >= 11 is 2.00. The monoisotopic (exact) mass is 341 g/mol. The quantitative estimate of drug-likeness (QED) is 0.655. The van der Waals surface area contributed by atoms with Crippen LogP contribution in [-0.4, -0.2) is 18.5 Å². The number of fused-ring (bicyclic) bond motifs is 1. The summed E-state index contributed by atoms with van der Waals surface area (Å²) in [6, 6.07) is 2.53. The van der Waals surface area contributed by atoms with Crippen molar-refractivity contribution in [2.24, 2.45) is 0 Å². The van der Waals surface area contributed by atoms with Gasteiger partial charge in [-0.25, -0.2) is 0 Å². The fraction of sp³-hybridized carbons (Fsp3) is 0.455. The SMILES string of the molecule is CN1CCc2c(I)cc(C(F)(F)F)cc2C1. The first-order valence-electron chi connectivity index (χ1n) is 4.95. The van der Waals surface area contributed by atoms with Gasteiger partial charge in [-0.2, -0.15) is 13.2 Å². The van der Waals surface area contributed by atoms with E-state index < -0.39 is 11.7 Å². The van der Waals surface area contributed by atoms with Gasteiger partial charge in [0, 0.05) is 16.7 Å². The minimum atomic E-state index is -4.25. The van der Waals surface area contributed by atoms with Gasteiger partial charge in [-0.05, 0) is 59.3 Å². The van der Waals surface area contributed by atoms with Crippen molar-refractivity contribution in [3.8, 4) is 0 Å². The minimum absolute atomic E-state index is 0.536. The highest BCUT2D eigenvalue weighted by atomic mass is 127. The summed E-state index contributed by atoms with van der Waals surface area (Å²) in [5.41, 5.74) is 1.35. The molecule has 0 aliphatic carbocycles. The minimum Gasteiger partial charge on any atom is -0.302 e. The number of alkyl halides is 3. The number of nitrogens with zero attached hydrogens (tertiary/aromatic N) is 1. The largest absolute Gasteiger partial charge is 0.416 e. The van der Waals surface area contributed by atoms with Gasteiger partial charge in [-0.15, -0.1) is 0 Å². The second-order valence-electron chi connectivity index (χ2n) is 4.08. The molecule has 0 fully saturated rings. The molecule has 0 radical (unpaired) electrons. The summed E-state index contributed by atoms with van der Waals surface area (Å²) in [5, 5.41) is 0. The molecule has 1 aliphatic heterocycles. The highest BCUT2D eigenvalue weighted by Crippen LogP contribution is 2.34. The van der Waals surface area contributed by atoms with E-state index >= 15 is 0 Å². The van der Waals surface area contributed by atoms with Crippen molar-refractivity contribution in [1.82, 2.24) is 4.90 Å². The van der Waals surface area contributed by atoms with Crippen molar-refractivity contribution in [1.29, 1.82) is 0 Å². The van der Waals surface area contributed by atoms with E-state index in [-0.39, 0.29) is 0 Å². The van der Waals surface area contributed by atoms with E-state index in [9.17, 15) is 13.2 Å². The molecule has 0 saturated carbocycles. The lowest BCUT2D eigenvalue weighted by Crippen LogP contribution is -2.27. The lowest BCUT2D eigenvalue weighted by molar-refractivity contribution is -0.137. The molecular formula is C11H11F3IN. The van der Waals surface area contributed by atoms with Crippen LogP contribution in [0.1, 0.15) is 16.7 Å². The van der Waals surface area contributed by atoms with Crippen LogP contribution in [0.2, 0.25) is 0 Å². The maximum Gasteiger partial charge on any atom is 0.416 e. The van der Waals surface area contributed by atoms with Crippen LogP contribution in [0, 0.1) is 3.57 Å². The van der Waals surface area contributed by atoms with Crippen LogP contribution >= 0.6 is 22.6 Å². The molecule has 16 heavy (non-hydrogen) atoms. The summed E-state index contributed by atoms with van der Waals surface area (Å²) in [6.45, 7) is 1.52. The van der Waals surface area contributed by atoms with Crippen molar-refractivity contribution >= 4 is 22.6 Å². The van der Waals surface area contributed by atoms with E-state index in [4.69, 9.17) is 0 Å². The Hall–Kier alpha value is -0.300. The Kier molecular flexibility index (Phi) is 3.18. The molecule has 0 atom stereocenters. The van der Waals surface area contributed by atoms with E-state index in [1.54, 1.807) is 0 Å². The molecule has 0 aromatic heterocycles. The van der Waals surface area contributed by atoms with E-state index in [1.165, 1.54) is 12.1 Å². The van der Waals surface area contributed by atoms with Crippen LogP contribution < -0.4 is 0 Å². The molecule has 0 amide bonds. The highest BCUT2D eigenvalue weighted by molar-refractivity contribution is 14.1. The van der Waals surface area contributed by atoms with Crippen molar-refractivity contribution in [3.05, 3.63) is 32.4 Å². The number of hydrogen-bond acceptors (Lipinski definition) is 1.